The molecule has 0 fully saturated rings. The summed E-state index contributed by atoms with van der Waals surface area (Å²) in [5.74, 6) is -3.96. The predicted molar refractivity (Wildman–Crippen MR) is 190 cm³/mol. The lowest BCUT2D eigenvalue weighted by atomic mass is 10.1. The molecule has 0 aliphatic heterocycles. The molecule has 19 nitrogen and oxygen atoms in total. The lowest BCUT2D eigenvalue weighted by molar-refractivity contribution is 0.0696. The number of benzene rings is 5. The summed E-state index contributed by atoms with van der Waals surface area (Å²) >= 11 is 0. The van der Waals surface area contributed by atoms with E-state index in [1.54, 1.807) is 24.3 Å². The van der Waals surface area contributed by atoms with Crippen LogP contribution in [0.1, 0.15) is 15.9 Å². The number of aryl methyl sites for hydroxylation is 1. The Morgan fingerprint density at radius 1 is 0.648 bits per heavy atom. The first kappa shape index (κ1) is 39.2. The maximum absolute atomic E-state index is 12.5. The molecule has 0 saturated heterocycles. The van der Waals surface area contributed by atoms with Crippen LogP contribution in [0.15, 0.2) is 125 Å². The summed E-state index contributed by atoms with van der Waals surface area (Å²) in [7, 11) is -13.5. The van der Waals surface area contributed by atoms with Crippen LogP contribution in [0, 0.1) is 6.92 Å². The highest BCUT2D eigenvalue weighted by atomic mass is 32.3. The Labute approximate surface area is 306 Å². The zero-order chi connectivity index (χ0) is 39.4. The van der Waals surface area contributed by atoms with Crippen LogP contribution < -0.4 is 0 Å². The molecule has 5 N–H and O–H groups in total. The van der Waals surface area contributed by atoms with Crippen molar-refractivity contribution in [2.75, 3.05) is 12.4 Å². The van der Waals surface area contributed by atoms with Crippen molar-refractivity contribution < 1.29 is 58.7 Å². The predicted octanol–water partition coefficient (Wildman–Crippen LogP) is 7.34. The SMILES string of the molecule is Cc1ccc(N=Nc2c(C(=O)O)cc(O)c(N=Nc3ccc(N=Nc4ccc(S(=O)(=O)CCOS(=O)(=O)O)cc4)c4ccc(S(=O)(=O)O)cc34)c2O)cc1. The maximum atomic E-state index is 12.5. The first-order valence-electron chi connectivity index (χ1n) is 15.0. The lowest BCUT2D eigenvalue weighted by Crippen LogP contribution is -2.15. The van der Waals surface area contributed by atoms with Crippen molar-refractivity contribution in [2.45, 2.75) is 16.7 Å². The Hall–Kier alpha value is -6.04. The van der Waals surface area contributed by atoms with Gasteiger partial charge in [-0.05, 0) is 73.7 Å². The minimum Gasteiger partial charge on any atom is -0.505 e. The smallest absolute Gasteiger partial charge is 0.397 e. The van der Waals surface area contributed by atoms with Gasteiger partial charge in [-0.1, -0.05) is 23.8 Å². The molecule has 0 saturated carbocycles. The number of carboxylic acids is 1. The molecule has 280 valence electrons. The number of carbonyl (C=O) groups is 1. The monoisotopic (exact) mass is 798 g/mol. The molecule has 5 rings (SSSR count). The molecule has 0 heterocycles. The Balaban J connectivity index is 1.50. The quantitative estimate of drug-likeness (QED) is 0.0575. The molecule has 5 aromatic carbocycles. The second kappa shape index (κ2) is 15.5. The van der Waals surface area contributed by atoms with Crippen LogP contribution in [0.25, 0.3) is 10.8 Å². The molecule has 0 aliphatic carbocycles. The first-order valence-corrected chi connectivity index (χ1v) is 19.4. The second-order valence-electron chi connectivity index (χ2n) is 11.1. The van der Waals surface area contributed by atoms with Crippen LogP contribution in [0.4, 0.5) is 34.1 Å². The van der Waals surface area contributed by atoms with E-state index in [9.17, 15) is 49.9 Å². The van der Waals surface area contributed by atoms with Crippen LogP contribution in [0.2, 0.25) is 0 Å². The third kappa shape index (κ3) is 9.49. The van der Waals surface area contributed by atoms with Crippen molar-refractivity contribution in [2.24, 2.45) is 30.7 Å². The van der Waals surface area contributed by atoms with Gasteiger partial charge in [-0.2, -0.15) is 27.1 Å². The highest BCUT2D eigenvalue weighted by Gasteiger charge is 2.23. The van der Waals surface area contributed by atoms with Crippen molar-refractivity contribution in [1.29, 1.82) is 0 Å². The number of phenolic OH excluding ortho intramolecular Hbond substituents is 2. The van der Waals surface area contributed by atoms with Gasteiger partial charge in [0.15, 0.2) is 21.3 Å². The molecule has 0 atom stereocenters. The fourth-order valence-corrected chi connectivity index (χ4v) is 6.65. The molecule has 0 unspecified atom stereocenters. The molecule has 0 radical (unpaired) electrons. The number of rotatable bonds is 13. The van der Waals surface area contributed by atoms with Gasteiger partial charge in [0.05, 0.1) is 50.5 Å². The molecule has 0 aliphatic rings. The van der Waals surface area contributed by atoms with E-state index in [1.807, 2.05) is 6.92 Å². The average molecular weight is 799 g/mol. The average Bonchev–Trinajstić information content (AvgIpc) is 3.10. The largest absolute Gasteiger partial charge is 0.505 e. The number of nitrogens with zero attached hydrogens (tertiary/aromatic N) is 6. The molecule has 0 bridgehead atoms. The highest BCUT2D eigenvalue weighted by molar-refractivity contribution is 7.91. The summed E-state index contributed by atoms with van der Waals surface area (Å²) in [6.45, 7) is 1.03. The second-order valence-corrected chi connectivity index (χ2v) is 15.7. The van der Waals surface area contributed by atoms with E-state index in [0.717, 1.165) is 23.8 Å². The summed E-state index contributed by atoms with van der Waals surface area (Å²) in [4.78, 5) is 11.2. The van der Waals surface area contributed by atoms with Gasteiger partial charge >= 0.3 is 16.4 Å². The summed E-state index contributed by atoms with van der Waals surface area (Å²) in [6.07, 6.45) is 0. The summed E-state index contributed by atoms with van der Waals surface area (Å²) in [5, 5.41) is 55.5. The minimum absolute atomic E-state index is 0.0410. The zero-order valence-corrected chi connectivity index (χ0v) is 29.9. The van der Waals surface area contributed by atoms with Crippen LogP contribution in [-0.4, -0.2) is 68.0 Å². The molecule has 5 aromatic rings. The van der Waals surface area contributed by atoms with E-state index < -0.39 is 82.0 Å². The van der Waals surface area contributed by atoms with Crippen LogP contribution in [-0.2, 0) is 34.5 Å². The number of aromatic carboxylic acids is 1. The Bertz CT molecular complexity index is 2700. The van der Waals surface area contributed by atoms with E-state index >= 15 is 0 Å². The van der Waals surface area contributed by atoms with Gasteiger partial charge in [0, 0.05) is 10.8 Å². The van der Waals surface area contributed by atoms with Crippen LogP contribution in [0.5, 0.6) is 11.5 Å². The highest BCUT2D eigenvalue weighted by Crippen LogP contribution is 2.47. The normalized spacial score (nSPS) is 12.7. The lowest BCUT2D eigenvalue weighted by Gasteiger charge is -2.09. The van der Waals surface area contributed by atoms with Crippen molar-refractivity contribution in [3.05, 3.63) is 96.1 Å². The van der Waals surface area contributed by atoms with E-state index in [4.69, 9.17) is 4.55 Å². The third-order valence-electron chi connectivity index (χ3n) is 7.31. The molecule has 54 heavy (non-hydrogen) atoms. The van der Waals surface area contributed by atoms with E-state index in [1.165, 1.54) is 42.5 Å². The molecule has 0 amide bonds. The van der Waals surface area contributed by atoms with Gasteiger partial charge in [0.1, 0.15) is 11.4 Å². The summed E-state index contributed by atoms with van der Waals surface area (Å²) in [5.41, 5.74) is -0.238. The van der Waals surface area contributed by atoms with Gasteiger partial charge in [0.2, 0.25) is 0 Å². The number of hydrogen-bond acceptors (Lipinski definition) is 16. The molecular weight excluding hydrogens is 773 g/mol. The van der Waals surface area contributed by atoms with Gasteiger partial charge in [-0.25, -0.2) is 17.4 Å². The van der Waals surface area contributed by atoms with Crippen LogP contribution in [0.3, 0.4) is 0 Å². The van der Waals surface area contributed by atoms with Gasteiger partial charge in [-0.15, -0.1) is 20.5 Å². The fraction of sp³-hybridized carbons (Fsp3) is 0.0938. The Morgan fingerprint density at radius 3 is 1.78 bits per heavy atom. The molecule has 0 spiro atoms. The number of aromatic hydroxyl groups is 2. The topological polar surface area (TPSA) is 304 Å². The Kier molecular flexibility index (Phi) is 11.3. The number of fused-ring (bicyclic) bond motifs is 1. The van der Waals surface area contributed by atoms with Crippen molar-refractivity contribution in [1.82, 2.24) is 0 Å². The minimum atomic E-state index is -4.82. The number of sulfone groups is 1. The van der Waals surface area contributed by atoms with Crippen molar-refractivity contribution in [3.63, 3.8) is 0 Å². The summed E-state index contributed by atoms with van der Waals surface area (Å²) < 4.78 is 92.7. The zero-order valence-electron chi connectivity index (χ0n) is 27.4. The van der Waals surface area contributed by atoms with E-state index in [0.29, 0.717) is 5.69 Å². The number of hydrogen-bond donors (Lipinski definition) is 5. The van der Waals surface area contributed by atoms with Crippen molar-refractivity contribution in [3.8, 4) is 11.5 Å². The Morgan fingerprint density at radius 2 is 1.19 bits per heavy atom. The third-order valence-corrected chi connectivity index (χ3v) is 10.3. The molecule has 0 aromatic heterocycles. The number of phenols is 2. The fourth-order valence-electron chi connectivity index (χ4n) is 4.65. The molecular formula is C32H26N6O13S3. The standard InChI is InChI=1S/C32H26N6O13S3/c1-18-2-4-19(5-3-18)34-37-29-25(32(41)42)17-28(39)30(31(29)40)38-36-27-13-12-26(23-11-10-22(16-24(23)27)53(45,46)47)35-33-20-6-8-21(9-7-20)52(43,44)15-14-51-54(48,49)50/h2-13,16-17,39-40H,14-15H2,1H3,(H,41,42)(H,45,46,47)(H,48,49,50). The molecule has 22 heteroatoms. The van der Waals surface area contributed by atoms with Gasteiger partial charge in [-0.3, -0.25) is 9.11 Å². The van der Waals surface area contributed by atoms with E-state index in [2.05, 4.69) is 34.9 Å². The van der Waals surface area contributed by atoms with E-state index in [-0.39, 0.29) is 32.7 Å². The number of azo groups is 3. The first-order chi connectivity index (χ1) is 25.3. The van der Waals surface area contributed by atoms with Crippen molar-refractivity contribution >= 4 is 81.2 Å². The van der Waals surface area contributed by atoms with Gasteiger partial charge in [0.25, 0.3) is 10.1 Å². The summed E-state index contributed by atoms with van der Waals surface area (Å²) in [6, 6.07) is 18.6. The maximum Gasteiger partial charge on any atom is 0.397 e. The van der Waals surface area contributed by atoms with Gasteiger partial charge < -0.3 is 15.3 Å². The van der Waals surface area contributed by atoms with Crippen LogP contribution >= 0.6 is 0 Å². The number of carboxylic acid groups (broad SMARTS) is 1.